The minimum absolute atomic E-state index is 0.00125. The monoisotopic (exact) mass is 1930 g/mol. The Morgan fingerprint density at radius 3 is 1.03 bits per heavy atom. The molecule has 52 heteroatoms. The van der Waals surface area contributed by atoms with Gasteiger partial charge in [0, 0.05) is 32.5 Å². The Bertz CT molecular complexity index is 4370. The van der Waals surface area contributed by atoms with E-state index in [0.29, 0.717) is 24.8 Å². The third-order valence-corrected chi connectivity index (χ3v) is 20.6. The summed E-state index contributed by atoms with van der Waals surface area (Å²) in [6.07, 6.45) is -2.91. The maximum absolute atomic E-state index is 14.9. The summed E-state index contributed by atoms with van der Waals surface area (Å²) in [6.45, 7) is 5.04. The van der Waals surface area contributed by atoms with Crippen molar-refractivity contribution in [2.24, 2.45) is 89.7 Å². The molecule has 2 aromatic carbocycles. The van der Waals surface area contributed by atoms with E-state index in [0.717, 1.165) is 12.5 Å². The summed E-state index contributed by atoms with van der Waals surface area (Å²) in [5, 5.41) is 60.1. The smallest absolute Gasteiger partial charge is 0.326 e. The largest absolute Gasteiger partial charge is 0.480 e. The van der Waals surface area contributed by atoms with Crippen molar-refractivity contribution in [1.82, 2.24) is 85.1 Å². The Labute approximate surface area is 793 Å². The fourth-order valence-electron chi connectivity index (χ4n) is 13.2. The highest BCUT2D eigenvalue weighted by Gasteiger charge is 2.38. The molecule has 0 saturated heterocycles. The SMILES string of the molecule is CC(C)C[C@H](NC(=O)[C@H](CCCCN)NC(=O)[C@H](CCCN=C(N)N)NC(=O)[C@H](CCCCN)NC(=O)[C@H](CCCN=C(N)N)NC(=O)[C@H](CCCCN)NC(=O)[C@H](CCCN=C(N)N)NC(=O)[C@H](C)NC(=O)CNC(=O)[C@@H](NC(=O)[C@H](Cc1ccccc1)NC(=O)CNC(=O)CNC(=O)[C@@H](N)Cc1ccccc1)[C@@H](C)O)C(=O)N[C@@H](C)C(=O)N[C@@H](CC(N)=O)C(=O)N[C@@H](CCC(N)=O)C(=O)O. The number of nitrogens with zero attached hydrogens (tertiary/aromatic N) is 3. The number of benzene rings is 2. The number of aliphatic imine (C=N–C) groups is 3. The van der Waals surface area contributed by atoms with E-state index in [1.165, 1.54) is 13.8 Å². The summed E-state index contributed by atoms with van der Waals surface area (Å²) in [6, 6.07) is -4.01. The van der Waals surface area contributed by atoms with Crippen LogP contribution >= 0.6 is 0 Å². The van der Waals surface area contributed by atoms with Crippen LogP contribution in [-0.4, -0.2) is 290 Å². The van der Waals surface area contributed by atoms with Gasteiger partial charge in [-0.3, -0.25) is 101 Å². The number of carboxylic acids is 1. The van der Waals surface area contributed by atoms with Crippen LogP contribution in [0.2, 0.25) is 0 Å². The maximum atomic E-state index is 14.9. The molecule has 42 N–H and O–H groups in total. The Morgan fingerprint density at radius 1 is 0.321 bits per heavy atom. The molecule has 0 spiro atoms. The number of aliphatic carboxylic acids is 1. The van der Waals surface area contributed by atoms with Crippen molar-refractivity contribution in [3.63, 3.8) is 0 Å². The van der Waals surface area contributed by atoms with Crippen LogP contribution in [0.4, 0.5) is 0 Å². The van der Waals surface area contributed by atoms with Crippen LogP contribution in [0.1, 0.15) is 168 Å². The van der Waals surface area contributed by atoms with Crippen molar-refractivity contribution in [3.8, 4) is 0 Å². The molecule has 0 aromatic heterocycles. The van der Waals surface area contributed by atoms with E-state index in [9.17, 15) is 101 Å². The van der Waals surface area contributed by atoms with E-state index in [1.807, 2.05) is 0 Å². The van der Waals surface area contributed by atoms with E-state index in [-0.39, 0.29) is 159 Å². The Hall–Kier alpha value is -14.0. The second-order valence-electron chi connectivity index (χ2n) is 33.0. The molecule has 137 heavy (non-hydrogen) atoms. The lowest BCUT2D eigenvalue weighted by Crippen LogP contribution is -2.60. The van der Waals surface area contributed by atoms with Gasteiger partial charge in [-0.25, -0.2) is 4.79 Å². The predicted molar refractivity (Wildman–Crippen MR) is 503 cm³/mol. The van der Waals surface area contributed by atoms with Crippen molar-refractivity contribution in [2.75, 3.05) is 58.9 Å². The lowest BCUT2D eigenvalue weighted by atomic mass is 10.0. The molecule has 0 aliphatic carbocycles. The summed E-state index contributed by atoms with van der Waals surface area (Å²) in [7, 11) is 0. The first-order valence-corrected chi connectivity index (χ1v) is 45.1. The fraction of sp³-hybridized carbons (Fsp3) is 0.600. The van der Waals surface area contributed by atoms with Crippen LogP contribution in [0.5, 0.6) is 0 Å². The number of hydrogen-bond acceptors (Lipinski definition) is 27. The van der Waals surface area contributed by atoms with Gasteiger partial charge in [0.2, 0.25) is 106 Å². The van der Waals surface area contributed by atoms with E-state index in [4.69, 9.17) is 68.8 Å². The lowest BCUT2D eigenvalue weighted by Gasteiger charge is -2.28. The van der Waals surface area contributed by atoms with Gasteiger partial charge in [-0.15, -0.1) is 0 Å². The number of aliphatic hydroxyl groups is 1. The van der Waals surface area contributed by atoms with Gasteiger partial charge in [-0.05, 0) is 173 Å². The second kappa shape index (κ2) is 65.6. The zero-order valence-corrected chi connectivity index (χ0v) is 78.1. The van der Waals surface area contributed by atoms with Crippen molar-refractivity contribution in [1.29, 1.82) is 0 Å². The molecule has 0 bridgehead atoms. The summed E-state index contributed by atoms with van der Waals surface area (Å²) in [5.74, 6) is -20.1. The van der Waals surface area contributed by atoms with Crippen LogP contribution in [0.25, 0.3) is 0 Å². The first kappa shape index (κ1) is 119. The number of amides is 18. The van der Waals surface area contributed by atoms with Gasteiger partial charge in [0.1, 0.15) is 78.5 Å². The third-order valence-electron chi connectivity index (χ3n) is 20.6. The van der Waals surface area contributed by atoms with Crippen molar-refractivity contribution < 1.29 is 101 Å². The zero-order valence-electron chi connectivity index (χ0n) is 78.1. The molecular weight excluding hydrogens is 1790 g/mol. The number of carbonyl (C=O) groups is 19. The number of guanidine groups is 3. The van der Waals surface area contributed by atoms with Crippen LogP contribution in [0, 0.1) is 5.92 Å². The van der Waals surface area contributed by atoms with Crippen molar-refractivity contribution in [2.45, 2.75) is 260 Å². The van der Waals surface area contributed by atoms with E-state index in [2.05, 4.69) is 100 Å². The number of carboxylic acid groups (broad SMARTS) is 1. The molecular formula is C85H143N31O21. The number of nitrogens with one attached hydrogen (secondary N) is 16. The lowest BCUT2D eigenvalue weighted by molar-refractivity contribution is -0.143. The molecule has 15 atom stereocenters. The van der Waals surface area contributed by atoms with Gasteiger partial charge < -0.3 is 164 Å². The van der Waals surface area contributed by atoms with Crippen molar-refractivity contribution >= 4 is 130 Å². The zero-order chi connectivity index (χ0) is 103. The maximum Gasteiger partial charge on any atom is 0.326 e. The van der Waals surface area contributed by atoms with E-state index >= 15 is 0 Å². The fourth-order valence-corrected chi connectivity index (χ4v) is 13.2. The molecule has 0 aliphatic rings. The highest BCUT2D eigenvalue weighted by molar-refractivity contribution is 6.01. The van der Waals surface area contributed by atoms with Gasteiger partial charge in [-0.2, -0.15) is 0 Å². The Kier molecular flexibility index (Phi) is 57.0. The normalized spacial score (nSPS) is 14.2. The minimum atomic E-state index is -1.78. The standard InChI is InChI=1S/C85H143N31O21/c1-46(2)39-60(78(132)105-48(4)70(124)114-62(42-64(91)119)79(133)113-59(82(136)137)31-32-63(90)118)115-77(131)55(27-14-17-35-88)110-76(130)58(30-20-38-100-85(96)97)112-73(127)54(26-13-16-34-87)109-75(129)57(29-19-37-99-84(94)95)111-72(126)53(25-12-15-33-86)108-74(128)56(28-18-36-98-83(92)93)107-69(123)47(3)104-66(121)45-103-81(135)68(49(5)117)116-80(134)61(41-51-23-10-7-11-24-51)106-67(122)44-101-65(120)43-102-71(125)52(89)40-50-21-8-6-9-22-50/h6-11,21-24,46-49,52-62,68,117H,12-20,25-45,86-89H2,1-5H3,(H2,90,118)(H2,91,119)(H,101,120)(H,102,125)(H,103,135)(H,104,121)(H,105,132)(H,106,122)(H,107,123)(H,108,128)(H,109,129)(H,110,130)(H,111,126)(H,112,127)(H,113,133)(H,114,124)(H,115,131)(H,116,134)(H,136,137)(H4,92,93,98)(H4,94,95,99)(H4,96,97,100)/t47-,48-,49+,52-,53-,54-,55-,56-,57-,58-,59-,60-,61-,62-,68-/m0/s1. The first-order chi connectivity index (χ1) is 64.8. The van der Waals surface area contributed by atoms with Gasteiger partial charge in [0.25, 0.3) is 0 Å². The molecule has 2 rings (SSSR count). The number of unbranched alkanes of at least 4 members (excludes halogenated alkanes) is 3. The van der Waals surface area contributed by atoms with Gasteiger partial charge >= 0.3 is 5.97 Å². The molecule has 764 valence electrons. The number of aliphatic hydroxyl groups excluding tert-OH is 1. The first-order valence-electron chi connectivity index (χ1n) is 45.1. The van der Waals surface area contributed by atoms with Gasteiger partial charge in [0.15, 0.2) is 17.9 Å². The van der Waals surface area contributed by atoms with E-state index in [1.54, 1.807) is 74.5 Å². The van der Waals surface area contributed by atoms with Crippen LogP contribution < -0.4 is 154 Å². The number of rotatable bonds is 69. The molecule has 0 unspecified atom stereocenters. The molecule has 0 saturated carbocycles. The van der Waals surface area contributed by atoms with Gasteiger partial charge in [0.05, 0.1) is 38.2 Å². The summed E-state index contributed by atoms with van der Waals surface area (Å²) >= 11 is 0. The minimum Gasteiger partial charge on any atom is -0.480 e. The highest BCUT2D eigenvalue weighted by atomic mass is 16.4. The topological polar surface area (TPSA) is 907 Å². The number of carbonyl (C=O) groups excluding carboxylic acids is 18. The molecule has 0 fully saturated rings. The summed E-state index contributed by atoms with van der Waals surface area (Å²) < 4.78 is 0. The Balaban J connectivity index is 2.51. The molecule has 2 aromatic rings. The molecule has 52 nitrogen and oxygen atoms in total. The number of nitrogens with two attached hydrogens (primary N) is 12. The van der Waals surface area contributed by atoms with Crippen LogP contribution in [0.15, 0.2) is 75.6 Å². The van der Waals surface area contributed by atoms with E-state index < -0.39 is 242 Å². The quantitative estimate of drug-likeness (QED) is 0.0166. The van der Waals surface area contributed by atoms with Crippen LogP contribution in [0.3, 0.4) is 0 Å². The average Bonchev–Trinajstić information content (AvgIpc) is 0.874. The van der Waals surface area contributed by atoms with Crippen molar-refractivity contribution in [3.05, 3.63) is 71.8 Å². The molecule has 18 amide bonds. The van der Waals surface area contributed by atoms with Crippen LogP contribution in [-0.2, 0) is 104 Å². The highest BCUT2D eigenvalue weighted by Crippen LogP contribution is 2.15. The molecule has 0 radical (unpaired) electrons. The second-order valence-corrected chi connectivity index (χ2v) is 33.0. The summed E-state index contributed by atoms with van der Waals surface area (Å²) in [4.78, 5) is 271. The number of primary amides is 2. The van der Waals surface area contributed by atoms with Gasteiger partial charge in [-0.1, -0.05) is 74.5 Å². The molecule has 0 aliphatic heterocycles. The molecule has 0 heterocycles. The Morgan fingerprint density at radius 2 is 0.650 bits per heavy atom. The number of hydrogen-bond donors (Lipinski definition) is 30. The predicted octanol–water partition coefficient (Wildman–Crippen LogP) is -11.3. The summed E-state index contributed by atoms with van der Waals surface area (Å²) in [5.41, 5.74) is 69.2. The third kappa shape index (κ3) is 50.8. The average molecular weight is 1940 g/mol.